The molecule has 13 rings (SSSR count). The van der Waals surface area contributed by atoms with Crippen molar-refractivity contribution < 1.29 is 0 Å². The molecule has 4 aliphatic rings. The van der Waals surface area contributed by atoms with Gasteiger partial charge in [0.25, 0.3) is 0 Å². The van der Waals surface area contributed by atoms with Gasteiger partial charge in [-0.05, 0) is 72.8 Å². The molecule has 8 aromatic carbocycles. The summed E-state index contributed by atoms with van der Waals surface area (Å²) in [4.78, 5) is 4.76. The third-order valence-electron chi connectivity index (χ3n) is 12.3. The van der Waals surface area contributed by atoms with Crippen LogP contribution in [0.25, 0.3) is 20.2 Å². The highest BCUT2D eigenvalue weighted by atomic mass is 32.1. The van der Waals surface area contributed by atoms with Crippen LogP contribution in [0.1, 0.15) is 22.3 Å². The van der Waals surface area contributed by atoms with Crippen LogP contribution in [-0.2, 0) is 11.3 Å². The number of rotatable bonds is 2. The van der Waals surface area contributed by atoms with Crippen molar-refractivity contribution in [2.24, 2.45) is 0 Å². The lowest BCUT2D eigenvalue weighted by Crippen LogP contribution is -2.44. The van der Waals surface area contributed by atoms with Gasteiger partial charge < -0.3 is 31.1 Å². The summed E-state index contributed by atoms with van der Waals surface area (Å²) in [6.07, 6.45) is 0. The highest BCUT2D eigenvalue weighted by Crippen LogP contribution is 2.58. The lowest BCUT2D eigenvalue weighted by atomic mass is 9.84. The van der Waals surface area contributed by atoms with Crippen LogP contribution in [-0.4, -0.2) is 0 Å². The summed E-state index contributed by atoms with van der Waals surface area (Å²) in [7, 11) is 0. The summed E-state index contributed by atoms with van der Waals surface area (Å²) in [5.74, 6) is 0. The molecule has 9 aromatic rings. The molecule has 0 aliphatic carbocycles. The molecule has 0 radical (unpaired) electrons. The first-order valence-electron chi connectivity index (χ1n) is 19.4. The molecule has 1 aromatic heterocycles. The van der Waals surface area contributed by atoms with Crippen LogP contribution in [0.2, 0.25) is 0 Å². The predicted octanol–water partition coefficient (Wildman–Crippen LogP) is 13.1. The zero-order valence-electron chi connectivity index (χ0n) is 30.6. The second-order valence-corrected chi connectivity index (χ2v) is 16.4. The monoisotopic (exact) mass is 750 g/mol. The second-order valence-electron chi connectivity index (χ2n) is 15.3. The highest BCUT2D eigenvalue weighted by molar-refractivity contribution is 7.26. The maximum atomic E-state index is 4.05. The van der Waals surface area contributed by atoms with Gasteiger partial charge in [-0.25, -0.2) is 0 Å². The number of benzene rings is 8. The van der Waals surface area contributed by atoms with Gasteiger partial charge in [-0.2, -0.15) is 0 Å². The molecule has 0 fully saturated rings. The quantitative estimate of drug-likeness (QED) is 0.141. The van der Waals surface area contributed by atoms with Crippen LogP contribution in [0.5, 0.6) is 0 Å². The van der Waals surface area contributed by atoms with Crippen LogP contribution >= 0.6 is 11.3 Å². The summed E-state index contributed by atoms with van der Waals surface area (Å²) >= 11 is 1.85. The first-order valence-corrected chi connectivity index (χ1v) is 20.3. The van der Waals surface area contributed by atoms with E-state index in [1.54, 1.807) is 0 Å². The van der Waals surface area contributed by atoms with E-state index < -0.39 is 11.3 Å². The van der Waals surface area contributed by atoms with E-state index in [2.05, 4.69) is 213 Å². The summed E-state index contributed by atoms with van der Waals surface area (Å²) in [6, 6.07) is 65.8. The van der Waals surface area contributed by atoms with Crippen LogP contribution < -0.4 is 31.1 Å². The molecule has 0 saturated carbocycles. The predicted molar refractivity (Wildman–Crippen MR) is 238 cm³/mol. The van der Waals surface area contributed by atoms with Gasteiger partial charge in [-0.15, -0.1) is 11.3 Å². The van der Waals surface area contributed by atoms with Gasteiger partial charge in [0.05, 0.1) is 45.5 Å². The summed E-state index contributed by atoms with van der Waals surface area (Å²) in [6.45, 7) is 0. The summed E-state index contributed by atoms with van der Waals surface area (Å²) in [5, 5.41) is 18.7. The molecule has 0 saturated heterocycles. The van der Waals surface area contributed by atoms with Crippen molar-refractivity contribution in [3.8, 4) is 0 Å². The minimum absolute atomic E-state index is 0.630. The van der Waals surface area contributed by atoms with E-state index in [1.807, 2.05) is 11.3 Å². The highest BCUT2D eigenvalue weighted by Gasteiger charge is 2.49. The molecule has 6 nitrogen and oxygen atoms in total. The lowest BCUT2D eigenvalue weighted by Gasteiger charge is -2.44. The van der Waals surface area contributed by atoms with Gasteiger partial charge in [0.2, 0.25) is 0 Å². The Hall–Kier alpha value is -7.22. The Morgan fingerprint density at radius 2 is 0.632 bits per heavy atom. The third kappa shape index (κ3) is 4.13. The Morgan fingerprint density at radius 1 is 0.333 bits per heavy atom. The third-order valence-corrected chi connectivity index (χ3v) is 13.4. The maximum Gasteiger partial charge on any atom is 0.165 e. The van der Waals surface area contributed by atoms with Crippen LogP contribution in [0.3, 0.4) is 0 Å². The molecule has 0 unspecified atom stereocenters. The smallest absolute Gasteiger partial charge is 0.165 e. The van der Waals surface area contributed by atoms with E-state index in [-0.39, 0.29) is 0 Å². The van der Waals surface area contributed by atoms with E-state index in [9.17, 15) is 0 Å². The fourth-order valence-electron chi connectivity index (χ4n) is 9.89. The van der Waals surface area contributed by atoms with Gasteiger partial charge in [-0.3, -0.25) is 0 Å². The SMILES string of the molecule is c1ccc(N2c3ccccc3C3(Nc4cc5sc6cc7c(cc6c5cc4N3)NC3(N7)c4ccccc4N(c4ccccc4)c4ccccc43)c3ccccc32)cc1. The molecule has 7 heteroatoms. The number of anilines is 10. The average Bonchev–Trinajstić information content (AvgIpc) is 3.94. The van der Waals surface area contributed by atoms with E-state index in [0.29, 0.717) is 0 Å². The molecule has 57 heavy (non-hydrogen) atoms. The summed E-state index contributed by atoms with van der Waals surface area (Å²) < 4.78 is 2.51. The molecule has 2 spiro atoms. The van der Waals surface area contributed by atoms with Crippen molar-refractivity contribution in [3.05, 3.63) is 204 Å². The maximum absolute atomic E-state index is 4.05. The zero-order valence-corrected chi connectivity index (χ0v) is 31.4. The molecule has 4 N–H and O–H groups in total. The molecular formula is C50H34N6S. The largest absolute Gasteiger partial charge is 0.353 e. The number of hydrogen-bond acceptors (Lipinski definition) is 7. The molecule has 270 valence electrons. The fraction of sp³-hybridized carbons (Fsp3) is 0.0400. The summed E-state index contributed by atoms with van der Waals surface area (Å²) in [5.41, 5.74) is 14.8. The Kier molecular flexibility index (Phi) is 6.09. The Labute approximate surface area is 333 Å². The molecular weight excluding hydrogens is 717 g/mol. The van der Waals surface area contributed by atoms with Crippen LogP contribution in [0.15, 0.2) is 182 Å². The molecule has 0 amide bonds. The first-order chi connectivity index (χ1) is 28.2. The van der Waals surface area contributed by atoms with E-state index in [1.165, 1.54) is 42.4 Å². The van der Waals surface area contributed by atoms with Gasteiger partial charge in [0, 0.05) is 53.8 Å². The van der Waals surface area contributed by atoms with Crippen molar-refractivity contribution in [2.75, 3.05) is 31.1 Å². The van der Waals surface area contributed by atoms with Crippen molar-refractivity contribution >= 4 is 88.4 Å². The zero-order chi connectivity index (χ0) is 37.3. The van der Waals surface area contributed by atoms with E-state index in [4.69, 9.17) is 0 Å². The number of nitrogens with one attached hydrogen (secondary N) is 4. The van der Waals surface area contributed by atoms with Crippen molar-refractivity contribution in [2.45, 2.75) is 11.3 Å². The van der Waals surface area contributed by atoms with Crippen LogP contribution in [0, 0.1) is 0 Å². The van der Waals surface area contributed by atoms with Gasteiger partial charge >= 0.3 is 0 Å². The molecule has 5 heterocycles. The topological polar surface area (TPSA) is 54.6 Å². The number of thiophene rings is 1. The lowest BCUT2D eigenvalue weighted by molar-refractivity contribution is 0.692. The normalized spacial score (nSPS) is 15.8. The van der Waals surface area contributed by atoms with Gasteiger partial charge in [0.15, 0.2) is 11.3 Å². The number of hydrogen-bond donors (Lipinski definition) is 4. The van der Waals surface area contributed by atoms with E-state index >= 15 is 0 Å². The average molecular weight is 751 g/mol. The van der Waals surface area contributed by atoms with Gasteiger partial charge in [0.1, 0.15) is 0 Å². The number of fused-ring (bicyclic) bond motifs is 13. The van der Waals surface area contributed by atoms with Crippen molar-refractivity contribution in [1.82, 2.24) is 0 Å². The molecule has 0 bridgehead atoms. The fourth-order valence-corrected chi connectivity index (χ4v) is 11.0. The minimum Gasteiger partial charge on any atom is -0.353 e. The Morgan fingerprint density at radius 3 is 0.982 bits per heavy atom. The standard InChI is InChI=1S/C50H34N6S/c1-3-15-31(16-4-1)55-43-23-11-7-19-35(43)49(36-20-8-12-24-44(36)55)51-39-27-33-34-28-40-42(30-48(34)57-47(33)29-41(39)53-49)54-50(52-40)37-21-9-13-25-45(37)56(32-17-5-2-6-18-32)46-26-14-10-22-38(46)50/h1-30,51-54H. The second kappa shape index (κ2) is 11.2. The van der Waals surface area contributed by atoms with E-state index in [0.717, 1.165) is 56.9 Å². The number of nitrogens with zero attached hydrogens (tertiary/aromatic N) is 2. The molecule has 0 atom stereocenters. The van der Waals surface area contributed by atoms with Crippen molar-refractivity contribution in [3.63, 3.8) is 0 Å². The first kappa shape index (κ1) is 31.0. The van der Waals surface area contributed by atoms with Crippen molar-refractivity contribution in [1.29, 1.82) is 0 Å². The van der Waals surface area contributed by atoms with Crippen LogP contribution in [0.4, 0.5) is 56.9 Å². The number of para-hydroxylation sites is 6. The van der Waals surface area contributed by atoms with Gasteiger partial charge in [-0.1, -0.05) is 109 Å². The molecule has 4 aliphatic heterocycles. The minimum atomic E-state index is -0.630. The Bertz CT molecular complexity index is 2820. The Balaban J connectivity index is 0.925.